The predicted octanol–water partition coefficient (Wildman–Crippen LogP) is -0.452. The number of carbonyl (C=O) groups is 2. The summed E-state index contributed by atoms with van der Waals surface area (Å²) in [6.45, 7) is 2.47. The number of amides is 1. The van der Waals surface area contributed by atoms with E-state index in [-0.39, 0.29) is 23.5 Å². The third kappa shape index (κ3) is 4.90. The van der Waals surface area contributed by atoms with Crippen molar-refractivity contribution >= 4 is 23.2 Å². The van der Waals surface area contributed by atoms with Crippen molar-refractivity contribution in [2.45, 2.75) is 25.8 Å². The zero-order valence-corrected chi connectivity index (χ0v) is 14.6. The number of hydrogen-bond acceptors (Lipinski definition) is 6. The van der Waals surface area contributed by atoms with Crippen LogP contribution in [0.25, 0.3) is 0 Å². The highest BCUT2D eigenvalue weighted by Crippen LogP contribution is 2.24. The molecule has 3 heterocycles. The number of quaternary nitrogens is 1. The van der Waals surface area contributed by atoms with E-state index in [1.54, 1.807) is 11.3 Å². The average Bonchev–Trinajstić information content (AvgIpc) is 3.26. The highest BCUT2D eigenvalue weighted by Gasteiger charge is 2.30. The van der Waals surface area contributed by atoms with Crippen molar-refractivity contribution in [3.63, 3.8) is 0 Å². The van der Waals surface area contributed by atoms with E-state index < -0.39 is 5.97 Å². The lowest BCUT2D eigenvalue weighted by molar-refractivity contribution is -0.672. The molecule has 0 radical (unpaired) electrons. The average molecular weight is 363 g/mol. The summed E-state index contributed by atoms with van der Waals surface area (Å²) in [6.07, 6.45) is 2.05. The van der Waals surface area contributed by atoms with Gasteiger partial charge in [0.25, 0.3) is 0 Å². The van der Waals surface area contributed by atoms with E-state index in [4.69, 9.17) is 4.52 Å². The van der Waals surface area contributed by atoms with Gasteiger partial charge in [-0.3, -0.25) is 4.79 Å². The van der Waals surface area contributed by atoms with Crippen LogP contribution < -0.4 is 15.7 Å². The summed E-state index contributed by atoms with van der Waals surface area (Å²) in [6, 6.07) is 5.39. The zero-order chi connectivity index (χ0) is 17.6. The Morgan fingerprint density at radius 3 is 3.04 bits per heavy atom. The molecule has 0 spiro atoms. The summed E-state index contributed by atoms with van der Waals surface area (Å²) in [5.41, 5.74) is 0.600. The Morgan fingerprint density at radius 1 is 1.44 bits per heavy atom. The highest BCUT2D eigenvalue weighted by molar-refractivity contribution is 7.09. The molecule has 0 saturated carbocycles. The monoisotopic (exact) mass is 363 g/mol. The van der Waals surface area contributed by atoms with Gasteiger partial charge in [-0.1, -0.05) is 11.2 Å². The molecule has 134 valence electrons. The molecule has 1 saturated heterocycles. The molecular weight excluding hydrogens is 342 g/mol. The van der Waals surface area contributed by atoms with Crippen LogP contribution in [0.15, 0.2) is 28.1 Å². The molecule has 1 amide bonds. The molecule has 0 unspecified atom stereocenters. The van der Waals surface area contributed by atoms with Crippen LogP contribution in [0, 0.1) is 11.8 Å². The smallest absolute Gasteiger partial charge is 0.220 e. The third-order valence-electron chi connectivity index (χ3n) is 4.60. The normalized spacial score (nSPS) is 20.3. The lowest BCUT2D eigenvalue weighted by Gasteiger charge is -2.29. The number of nitrogens with zero attached hydrogens (tertiary/aromatic N) is 1. The van der Waals surface area contributed by atoms with Crippen LogP contribution in [0.5, 0.6) is 0 Å². The lowest BCUT2D eigenvalue weighted by atomic mass is 9.81. The van der Waals surface area contributed by atoms with E-state index in [0.29, 0.717) is 25.1 Å². The number of rotatable bonds is 7. The Bertz CT molecular complexity index is 713. The summed E-state index contributed by atoms with van der Waals surface area (Å²) in [7, 11) is 0. The molecule has 1 aliphatic rings. The Kier molecular flexibility index (Phi) is 5.83. The molecule has 3 N–H and O–H groups in total. The molecule has 2 aromatic heterocycles. The van der Waals surface area contributed by atoms with Gasteiger partial charge in [0.05, 0.1) is 25.3 Å². The van der Waals surface area contributed by atoms with E-state index in [0.717, 1.165) is 24.4 Å². The molecule has 1 aliphatic heterocycles. The van der Waals surface area contributed by atoms with E-state index in [2.05, 4.69) is 15.8 Å². The molecule has 2 aromatic rings. The van der Waals surface area contributed by atoms with Gasteiger partial charge in [0.15, 0.2) is 5.76 Å². The maximum absolute atomic E-state index is 12.3. The van der Waals surface area contributed by atoms with E-state index >= 15 is 0 Å². The van der Waals surface area contributed by atoms with Gasteiger partial charge in [0.2, 0.25) is 5.91 Å². The minimum Gasteiger partial charge on any atom is -0.541 e. The van der Waals surface area contributed by atoms with Gasteiger partial charge >= 0.3 is 0 Å². The first-order chi connectivity index (χ1) is 12.1. The van der Waals surface area contributed by atoms with Gasteiger partial charge in [0, 0.05) is 36.1 Å². The number of carboxylic acids is 1. The highest BCUT2D eigenvalue weighted by atomic mass is 32.1. The van der Waals surface area contributed by atoms with Crippen LogP contribution in [0.4, 0.5) is 0 Å². The fourth-order valence-corrected chi connectivity index (χ4v) is 3.94. The maximum atomic E-state index is 12.3. The van der Waals surface area contributed by atoms with Crippen LogP contribution in [0.3, 0.4) is 0 Å². The molecule has 3 rings (SSSR count). The largest absolute Gasteiger partial charge is 0.541 e. The summed E-state index contributed by atoms with van der Waals surface area (Å²) >= 11 is 1.63. The number of thiophene rings is 1. The van der Waals surface area contributed by atoms with Crippen LogP contribution in [-0.2, 0) is 17.8 Å². The van der Waals surface area contributed by atoms with Crippen molar-refractivity contribution in [2.75, 3.05) is 13.1 Å². The predicted molar refractivity (Wildman–Crippen MR) is 88.6 cm³/mol. The van der Waals surface area contributed by atoms with Gasteiger partial charge in [0.1, 0.15) is 5.97 Å². The Labute approximate surface area is 149 Å². The quantitative estimate of drug-likeness (QED) is 0.692. The second-order valence-corrected chi connectivity index (χ2v) is 7.39. The van der Waals surface area contributed by atoms with Crippen LogP contribution in [0.2, 0.25) is 0 Å². The van der Waals surface area contributed by atoms with Crippen LogP contribution in [-0.4, -0.2) is 30.1 Å². The number of carboxylic acid groups (broad SMARTS) is 1. The number of nitrogens with two attached hydrogens (primary N) is 1. The Morgan fingerprint density at radius 2 is 2.32 bits per heavy atom. The molecule has 0 aliphatic carbocycles. The van der Waals surface area contributed by atoms with Gasteiger partial charge in [-0.05, 0) is 17.4 Å². The maximum Gasteiger partial charge on any atom is 0.220 e. The summed E-state index contributed by atoms with van der Waals surface area (Å²) in [5.74, 6) is -1.03. The van der Waals surface area contributed by atoms with Crippen molar-refractivity contribution in [3.8, 4) is 0 Å². The van der Waals surface area contributed by atoms with Gasteiger partial charge < -0.3 is 25.1 Å². The van der Waals surface area contributed by atoms with Crippen LogP contribution >= 0.6 is 11.3 Å². The van der Waals surface area contributed by atoms with Gasteiger partial charge in [-0.2, -0.15) is 0 Å². The molecule has 25 heavy (non-hydrogen) atoms. The SMILES string of the molecule is O=C(C[C@@H]1CC[NH2+]C[C@@H]1Cc1cc(C(=O)[O-])on1)NCc1cccs1. The van der Waals surface area contributed by atoms with Crippen LogP contribution in [0.1, 0.15) is 34.0 Å². The molecule has 0 aromatic carbocycles. The number of carbonyl (C=O) groups excluding carboxylic acids is 2. The number of aromatic nitrogens is 1. The lowest BCUT2D eigenvalue weighted by Crippen LogP contribution is -2.88. The van der Waals surface area contributed by atoms with Gasteiger partial charge in [-0.15, -0.1) is 11.3 Å². The topological polar surface area (TPSA) is 112 Å². The zero-order valence-electron chi connectivity index (χ0n) is 13.8. The van der Waals surface area contributed by atoms with Crippen molar-refractivity contribution in [1.29, 1.82) is 0 Å². The molecule has 1 fully saturated rings. The second-order valence-electron chi connectivity index (χ2n) is 6.36. The molecule has 2 atom stereocenters. The third-order valence-corrected chi connectivity index (χ3v) is 5.47. The number of hydrogen-bond donors (Lipinski definition) is 2. The van der Waals surface area contributed by atoms with Crippen molar-refractivity contribution < 1.29 is 24.5 Å². The standard InChI is InChI=1S/C17H21N3O4S/c21-16(19-10-14-2-1-5-25-14)7-11-3-4-18-9-12(11)6-13-8-15(17(22)23)24-20-13/h1-2,5,8,11-12,18H,3-4,6-7,9-10H2,(H,19,21)(H,22,23)/t11-,12-/m0/s1. The number of nitrogens with one attached hydrogen (secondary N) is 1. The minimum absolute atomic E-state index is 0.0564. The van der Waals surface area contributed by atoms with Crippen molar-refractivity contribution in [1.82, 2.24) is 10.5 Å². The molecule has 7 nitrogen and oxygen atoms in total. The first-order valence-corrected chi connectivity index (χ1v) is 9.27. The first-order valence-electron chi connectivity index (χ1n) is 8.39. The number of aromatic carboxylic acids is 1. The van der Waals surface area contributed by atoms with Crippen molar-refractivity contribution in [2.24, 2.45) is 11.8 Å². The molecule has 8 heteroatoms. The fourth-order valence-electron chi connectivity index (χ4n) is 3.29. The fraction of sp³-hybridized carbons (Fsp3) is 0.471. The Balaban J connectivity index is 1.54. The molecular formula is C17H21N3O4S. The second kappa shape index (κ2) is 8.26. The minimum atomic E-state index is -1.36. The first kappa shape index (κ1) is 17.6. The van der Waals surface area contributed by atoms with E-state index in [1.165, 1.54) is 6.07 Å². The van der Waals surface area contributed by atoms with E-state index in [1.807, 2.05) is 17.5 Å². The Hall–Kier alpha value is -2.19. The van der Waals surface area contributed by atoms with Crippen molar-refractivity contribution in [3.05, 3.63) is 39.9 Å². The molecule has 0 bridgehead atoms. The number of piperidine rings is 1. The van der Waals surface area contributed by atoms with E-state index in [9.17, 15) is 14.7 Å². The van der Waals surface area contributed by atoms with Gasteiger partial charge in [-0.25, -0.2) is 0 Å². The summed E-state index contributed by atoms with van der Waals surface area (Å²) in [5, 5.41) is 21.8. The summed E-state index contributed by atoms with van der Waals surface area (Å²) < 4.78 is 4.76. The summed E-state index contributed by atoms with van der Waals surface area (Å²) in [4.78, 5) is 24.2.